The number of rotatable bonds is 6. The van der Waals surface area contributed by atoms with Crippen LogP contribution in [0.4, 0.5) is 5.69 Å². The number of carbonyl (C=O) groups is 1. The van der Waals surface area contributed by atoms with E-state index in [0.29, 0.717) is 0 Å². The second kappa shape index (κ2) is 6.92. The Hall–Kier alpha value is -1.31. The largest absolute Gasteiger partial charge is 0.465 e. The summed E-state index contributed by atoms with van der Waals surface area (Å²) in [6, 6.07) is 4.43. The fourth-order valence-electron chi connectivity index (χ4n) is 1.64. The zero-order valence-electron chi connectivity index (χ0n) is 11.3. The zero-order chi connectivity index (χ0) is 15.3. The molecule has 0 amide bonds. The fourth-order valence-corrected chi connectivity index (χ4v) is 3.67. The number of sulfonamides is 1. The lowest BCUT2D eigenvalue weighted by atomic mass is 10.3. The molecule has 20 heavy (non-hydrogen) atoms. The maximum atomic E-state index is 12.5. The summed E-state index contributed by atoms with van der Waals surface area (Å²) < 4.78 is 30.7. The molecule has 6 nitrogen and oxygen atoms in total. The maximum absolute atomic E-state index is 12.5. The number of halogens is 1. The van der Waals surface area contributed by atoms with Crippen LogP contribution in [-0.2, 0) is 19.6 Å². The first kappa shape index (κ1) is 16.7. The minimum Gasteiger partial charge on any atom is -0.465 e. The highest BCUT2D eigenvalue weighted by Crippen LogP contribution is 2.29. The summed E-state index contributed by atoms with van der Waals surface area (Å²) in [7, 11) is -3.95. The van der Waals surface area contributed by atoms with Crippen molar-refractivity contribution < 1.29 is 17.9 Å². The number of anilines is 1. The van der Waals surface area contributed by atoms with Gasteiger partial charge in [-0.3, -0.25) is 4.79 Å². The van der Waals surface area contributed by atoms with Gasteiger partial charge in [0.1, 0.15) is 11.4 Å². The second-order valence-corrected chi connectivity index (χ2v) is 6.18. The first-order chi connectivity index (χ1) is 9.34. The monoisotopic (exact) mass is 320 g/mol. The third-order valence-electron chi connectivity index (χ3n) is 2.56. The van der Waals surface area contributed by atoms with Gasteiger partial charge in [-0.05, 0) is 19.1 Å². The highest BCUT2D eigenvalue weighted by molar-refractivity contribution is 7.89. The molecule has 0 saturated heterocycles. The molecule has 0 heterocycles. The lowest BCUT2D eigenvalue weighted by Crippen LogP contribution is -2.36. The summed E-state index contributed by atoms with van der Waals surface area (Å²) in [5.74, 6) is -0.622. The van der Waals surface area contributed by atoms with Crippen molar-refractivity contribution in [2.45, 2.75) is 18.7 Å². The summed E-state index contributed by atoms with van der Waals surface area (Å²) >= 11 is 5.91. The molecule has 0 aliphatic rings. The van der Waals surface area contributed by atoms with Gasteiger partial charge in [-0.2, -0.15) is 4.31 Å². The Kier molecular flexibility index (Phi) is 5.79. The number of hydrogen-bond donors (Lipinski definition) is 1. The van der Waals surface area contributed by atoms with Crippen LogP contribution in [0, 0.1) is 0 Å². The number of nitrogens with zero attached hydrogens (tertiary/aromatic N) is 1. The van der Waals surface area contributed by atoms with Gasteiger partial charge in [-0.25, -0.2) is 8.42 Å². The first-order valence-electron chi connectivity index (χ1n) is 6.04. The molecule has 0 spiro atoms. The molecule has 0 saturated carbocycles. The normalized spacial score (nSPS) is 11.6. The van der Waals surface area contributed by atoms with E-state index in [4.69, 9.17) is 22.1 Å². The van der Waals surface area contributed by atoms with Gasteiger partial charge < -0.3 is 10.5 Å². The van der Waals surface area contributed by atoms with Gasteiger partial charge in [0.05, 0.1) is 17.3 Å². The maximum Gasteiger partial charge on any atom is 0.321 e. The van der Waals surface area contributed by atoms with E-state index in [1.54, 1.807) is 19.9 Å². The van der Waals surface area contributed by atoms with Crippen LogP contribution >= 0.6 is 11.6 Å². The lowest BCUT2D eigenvalue weighted by Gasteiger charge is -2.21. The summed E-state index contributed by atoms with van der Waals surface area (Å²) in [5, 5.41) is 0.0207. The minimum absolute atomic E-state index is 0.0207. The van der Waals surface area contributed by atoms with E-state index in [2.05, 4.69) is 0 Å². The average Bonchev–Trinajstić information content (AvgIpc) is 2.35. The summed E-state index contributed by atoms with van der Waals surface area (Å²) in [4.78, 5) is 11.3. The van der Waals surface area contributed by atoms with Crippen LogP contribution in [0.2, 0.25) is 5.02 Å². The van der Waals surface area contributed by atoms with E-state index in [1.165, 1.54) is 12.1 Å². The van der Waals surface area contributed by atoms with Crippen molar-refractivity contribution in [3.05, 3.63) is 23.2 Å². The molecular formula is C12H17ClN2O4S. The predicted molar refractivity (Wildman–Crippen MR) is 76.9 cm³/mol. The van der Waals surface area contributed by atoms with Crippen LogP contribution in [0.25, 0.3) is 0 Å². The molecule has 112 valence electrons. The molecule has 0 aliphatic carbocycles. The van der Waals surface area contributed by atoms with Crippen molar-refractivity contribution in [3.8, 4) is 0 Å². The van der Waals surface area contributed by atoms with E-state index in [0.717, 1.165) is 4.31 Å². The van der Waals surface area contributed by atoms with Crippen LogP contribution < -0.4 is 5.73 Å². The van der Waals surface area contributed by atoms with E-state index in [1.807, 2.05) is 0 Å². The topological polar surface area (TPSA) is 89.7 Å². The van der Waals surface area contributed by atoms with Crippen molar-refractivity contribution in [1.82, 2.24) is 4.31 Å². The molecule has 0 bridgehead atoms. The van der Waals surface area contributed by atoms with Crippen LogP contribution in [0.1, 0.15) is 13.8 Å². The molecule has 0 aromatic heterocycles. The van der Waals surface area contributed by atoms with E-state index < -0.39 is 16.0 Å². The van der Waals surface area contributed by atoms with Crippen molar-refractivity contribution >= 4 is 33.3 Å². The quantitative estimate of drug-likeness (QED) is 0.633. The third-order valence-corrected chi connectivity index (χ3v) is 5.02. The number of carbonyl (C=O) groups excluding carboxylic acids is 1. The van der Waals surface area contributed by atoms with Crippen LogP contribution in [-0.4, -0.2) is 38.4 Å². The van der Waals surface area contributed by atoms with Gasteiger partial charge in [0.15, 0.2) is 0 Å². The molecule has 0 atom stereocenters. The lowest BCUT2D eigenvalue weighted by molar-refractivity contribution is -0.143. The van der Waals surface area contributed by atoms with Gasteiger partial charge in [-0.15, -0.1) is 0 Å². The van der Waals surface area contributed by atoms with Crippen molar-refractivity contribution in [2.75, 3.05) is 25.4 Å². The Morgan fingerprint density at radius 3 is 2.55 bits per heavy atom. The Balaban J connectivity index is 3.16. The number of hydrogen-bond acceptors (Lipinski definition) is 5. The number of esters is 1. The molecule has 2 N–H and O–H groups in total. The van der Waals surface area contributed by atoms with E-state index >= 15 is 0 Å². The van der Waals surface area contributed by atoms with Crippen LogP contribution in [0.5, 0.6) is 0 Å². The second-order valence-electron chi connectivity index (χ2n) is 3.89. The Morgan fingerprint density at radius 2 is 2.05 bits per heavy atom. The van der Waals surface area contributed by atoms with Crippen LogP contribution in [0.15, 0.2) is 23.1 Å². The third kappa shape index (κ3) is 3.62. The Bertz CT molecular complexity index is 569. The Labute approximate surface area is 123 Å². The number of likely N-dealkylation sites (N-methyl/N-ethyl adjacent to an activating group) is 1. The van der Waals surface area contributed by atoms with Crippen molar-refractivity contribution in [1.29, 1.82) is 0 Å². The molecule has 1 aromatic carbocycles. The van der Waals surface area contributed by atoms with Crippen LogP contribution in [0.3, 0.4) is 0 Å². The predicted octanol–water partition coefficient (Wildman–Crippen LogP) is 1.50. The highest BCUT2D eigenvalue weighted by Gasteiger charge is 2.29. The number of ether oxygens (including phenoxy) is 1. The number of nitrogens with two attached hydrogens (primary N) is 1. The molecule has 0 unspecified atom stereocenters. The summed E-state index contributed by atoms with van der Waals surface area (Å²) in [5.41, 5.74) is 5.72. The molecule has 0 radical (unpaired) electrons. The molecular weight excluding hydrogens is 304 g/mol. The SMILES string of the molecule is CCOC(=O)CN(CC)S(=O)(=O)c1c(N)cccc1Cl. The van der Waals surface area contributed by atoms with Gasteiger partial charge >= 0.3 is 5.97 Å². The zero-order valence-corrected chi connectivity index (χ0v) is 12.9. The number of benzene rings is 1. The number of nitrogen functional groups attached to an aromatic ring is 1. The summed E-state index contributed by atoms with van der Waals surface area (Å²) in [6.45, 7) is 3.17. The van der Waals surface area contributed by atoms with Gasteiger partial charge in [-0.1, -0.05) is 24.6 Å². The van der Waals surface area contributed by atoms with E-state index in [9.17, 15) is 13.2 Å². The Morgan fingerprint density at radius 1 is 1.40 bits per heavy atom. The standard InChI is InChI=1S/C12H17ClN2O4S/c1-3-15(8-11(16)19-4-2)20(17,18)12-9(13)6-5-7-10(12)14/h5-7H,3-4,8,14H2,1-2H3. The van der Waals surface area contributed by atoms with Crippen molar-refractivity contribution in [3.63, 3.8) is 0 Å². The van der Waals surface area contributed by atoms with Gasteiger partial charge in [0, 0.05) is 6.54 Å². The molecule has 1 aromatic rings. The van der Waals surface area contributed by atoms with Gasteiger partial charge in [0.25, 0.3) is 0 Å². The average molecular weight is 321 g/mol. The molecule has 1 rings (SSSR count). The fraction of sp³-hybridized carbons (Fsp3) is 0.417. The molecule has 8 heteroatoms. The highest BCUT2D eigenvalue weighted by atomic mass is 35.5. The van der Waals surface area contributed by atoms with E-state index in [-0.39, 0.29) is 35.3 Å². The smallest absolute Gasteiger partial charge is 0.321 e. The summed E-state index contributed by atoms with van der Waals surface area (Å²) in [6.07, 6.45) is 0. The van der Waals surface area contributed by atoms with Gasteiger partial charge in [0.2, 0.25) is 10.0 Å². The molecule has 0 fully saturated rings. The van der Waals surface area contributed by atoms with Crippen molar-refractivity contribution in [2.24, 2.45) is 0 Å². The first-order valence-corrected chi connectivity index (χ1v) is 7.86. The minimum atomic E-state index is -3.95. The molecule has 0 aliphatic heterocycles.